The molecule has 1 aliphatic carbocycles. The molecule has 0 amide bonds. The fraction of sp³-hybridized carbons (Fsp3) is 0.407. The standard InChI is InChI=1S/C27H31N3O2/c1-17-11-20(15-27(2,3)14-17)30-24-10-9-18(26(31)32)12-22(24)28-25(30)13-19-16-29(4)23-8-6-5-7-21(19)23/h5-10,12,16-17,20H,11,13-15H2,1-4H3,(H,31,32)/t17-,20+/m1/s1. The SMILES string of the molecule is C[C@@H]1C[C@H](n2c(Cc3cn(C)c4ccccc34)nc3cc(C(=O)O)ccc32)CC(C)(C)C1. The van der Waals surface area contributed by atoms with Gasteiger partial charge in [-0.25, -0.2) is 9.78 Å². The number of carbonyl (C=O) groups is 1. The number of hydrogen-bond donors (Lipinski definition) is 1. The third-order valence-electron chi connectivity index (χ3n) is 7.07. The van der Waals surface area contributed by atoms with Gasteiger partial charge in [0.05, 0.1) is 16.6 Å². The predicted octanol–water partition coefficient (Wildman–Crippen LogP) is 6.20. The zero-order valence-electron chi connectivity index (χ0n) is 19.3. The summed E-state index contributed by atoms with van der Waals surface area (Å²) in [6.45, 7) is 7.07. The summed E-state index contributed by atoms with van der Waals surface area (Å²) in [4.78, 5) is 16.6. The lowest BCUT2D eigenvalue weighted by Crippen LogP contribution is -2.30. The Kier molecular flexibility index (Phi) is 4.88. The van der Waals surface area contributed by atoms with Crippen LogP contribution in [0.15, 0.2) is 48.7 Å². The number of benzene rings is 2. The second-order valence-electron chi connectivity index (χ2n) is 10.4. The van der Waals surface area contributed by atoms with E-state index in [2.05, 4.69) is 67.4 Å². The Morgan fingerprint density at radius 3 is 2.69 bits per heavy atom. The lowest BCUT2D eigenvalue weighted by atomic mass is 9.70. The molecule has 5 heteroatoms. The molecule has 166 valence electrons. The number of para-hydroxylation sites is 1. The van der Waals surface area contributed by atoms with Gasteiger partial charge >= 0.3 is 5.97 Å². The molecule has 0 aliphatic heterocycles. The van der Waals surface area contributed by atoms with Gasteiger partial charge in [0, 0.05) is 36.6 Å². The van der Waals surface area contributed by atoms with Crippen LogP contribution in [0.3, 0.4) is 0 Å². The van der Waals surface area contributed by atoms with Crippen molar-refractivity contribution in [2.75, 3.05) is 0 Å². The zero-order valence-corrected chi connectivity index (χ0v) is 19.3. The molecule has 1 aliphatic rings. The average molecular weight is 430 g/mol. The van der Waals surface area contributed by atoms with Gasteiger partial charge < -0.3 is 14.2 Å². The summed E-state index contributed by atoms with van der Waals surface area (Å²) in [6.07, 6.45) is 6.39. The highest BCUT2D eigenvalue weighted by atomic mass is 16.4. The average Bonchev–Trinajstić information content (AvgIpc) is 3.23. The molecule has 5 nitrogen and oxygen atoms in total. The van der Waals surface area contributed by atoms with Crippen LogP contribution < -0.4 is 0 Å². The lowest BCUT2D eigenvalue weighted by Gasteiger charge is -2.40. The molecular formula is C27H31N3O2. The van der Waals surface area contributed by atoms with Crippen molar-refractivity contribution >= 4 is 27.9 Å². The highest BCUT2D eigenvalue weighted by molar-refractivity contribution is 5.92. The fourth-order valence-electron chi connectivity index (χ4n) is 6.04. The van der Waals surface area contributed by atoms with Crippen molar-refractivity contribution in [1.82, 2.24) is 14.1 Å². The van der Waals surface area contributed by atoms with Gasteiger partial charge in [0.2, 0.25) is 0 Å². The van der Waals surface area contributed by atoms with E-state index in [0.29, 0.717) is 12.0 Å². The minimum absolute atomic E-state index is 0.274. The van der Waals surface area contributed by atoms with Crippen molar-refractivity contribution in [3.63, 3.8) is 0 Å². The molecule has 32 heavy (non-hydrogen) atoms. The molecule has 2 aromatic carbocycles. The smallest absolute Gasteiger partial charge is 0.335 e. The second kappa shape index (κ2) is 7.51. The van der Waals surface area contributed by atoms with Crippen LogP contribution in [0.25, 0.3) is 21.9 Å². The maximum absolute atomic E-state index is 11.6. The van der Waals surface area contributed by atoms with Gasteiger partial charge in [-0.05, 0) is 60.4 Å². The van der Waals surface area contributed by atoms with Crippen LogP contribution in [0.4, 0.5) is 0 Å². The van der Waals surface area contributed by atoms with Gasteiger partial charge in [0.25, 0.3) is 0 Å². The van der Waals surface area contributed by atoms with Crippen LogP contribution in [0.2, 0.25) is 0 Å². The molecule has 4 aromatic rings. The molecule has 0 radical (unpaired) electrons. The van der Waals surface area contributed by atoms with Crippen LogP contribution in [0.1, 0.15) is 67.8 Å². The summed E-state index contributed by atoms with van der Waals surface area (Å²) in [7, 11) is 2.08. The van der Waals surface area contributed by atoms with Gasteiger partial charge in [-0.2, -0.15) is 0 Å². The van der Waals surface area contributed by atoms with Crippen molar-refractivity contribution in [1.29, 1.82) is 0 Å². The third kappa shape index (κ3) is 3.60. The first kappa shape index (κ1) is 20.8. The van der Waals surface area contributed by atoms with Gasteiger partial charge in [0.15, 0.2) is 0 Å². The van der Waals surface area contributed by atoms with E-state index in [9.17, 15) is 9.90 Å². The van der Waals surface area contributed by atoms with Crippen molar-refractivity contribution in [3.05, 3.63) is 65.6 Å². The number of carboxylic acid groups (broad SMARTS) is 1. The van der Waals surface area contributed by atoms with Crippen LogP contribution in [0.5, 0.6) is 0 Å². The number of hydrogen-bond acceptors (Lipinski definition) is 2. The van der Waals surface area contributed by atoms with Crippen LogP contribution in [-0.2, 0) is 13.5 Å². The van der Waals surface area contributed by atoms with Crippen molar-refractivity contribution in [2.45, 2.75) is 52.5 Å². The first-order chi connectivity index (χ1) is 15.2. The van der Waals surface area contributed by atoms with E-state index in [1.54, 1.807) is 12.1 Å². The molecule has 5 rings (SSSR count). The molecule has 0 unspecified atom stereocenters. The van der Waals surface area contributed by atoms with Crippen molar-refractivity contribution < 1.29 is 9.90 Å². The number of imidazole rings is 1. The maximum Gasteiger partial charge on any atom is 0.335 e. The summed E-state index contributed by atoms with van der Waals surface area (Å²) in [6, 6.07) is 14.2. The number of fused-ring (bicyclic) bond motifs is 2. The Balaban J connectivity index is 1.66. The quantitative estimate of drug-likeness (QED) is 0.420. The normalized spacial score (nSPS) is 20.8. The number of nitrogens with zero attached hydrogens (tertiary/aromatic N) is 3. The summed E-state index contributed by atoms with van der Waals surface area (Å²) in [5.74, 6) is 0.753. The van der Waals surface area contributed by atoms with E-state index < -0.39 is 5.97 Å². The number of aromatic carboxylic acids is 1. The largest absolute Gasteiger partial charge is 0.478 e. The minimum atomic E-state index is -0.913. The molecule has 2 heterocycles. The molecule has 1 fully saturated rings. The zero-order chi connectivity index (χ0) is 22.6. The fourth-order valence-corrected chi connectivity index (χ4v) is 6.04. The topological polar surface area (TPSA) is 60.0 Å². The van der Waals surface area contributed by atoms with Gasteiger partial charge in [-0.3, -0.25) is 0 Å². The van der Waals surface area contributed by atoms with E-state index >= 15 is 0 Å². The molecule has 2 atom stereocenters. The number of carboxylic acids is 1. The van der Waals surface area contributed by atoms with E-state index in [1.807, 2.05) is 6.07 Å². The van der Waals surface area contributed by atoms with Crippen LogP contribution >= 0.6 is 0 Å². The number of aryl methyl sites for hydroxylation is 1. The third-order valence-corrected chi connectivity index (χ3v) is 7.07. The first-order valence-corrected chi connectivity index (χ1v) is 11.5. The number of rotatable bonds is 4. The monoisotopic (exact) mass is 429 g/mol. The maximum atomic E-state index is 11.6. The van der Waals surface area contributed by atoms with Crippen LogP contribution in [0, 0.1) is 11.3 Å². The molecule has 0 bridgehead atoms. The molecular weight excluding hydrogens is 398 g/mol. The van der Waals surface area contributed by atoms with E-state index in [1.165, 1.54) is 22.9 Å². The van der Waals surface area contributed by atoms with Gasteiger partial charge in [-0.15, -0.1) is 0 Å². The van der Waals surface area contributed by atoms with Crippen LogP contribution in [-0.4, -0.2) is 25.2 Å². The summed E-state index contributed by atoms with van der Waals surface area (Å²) >= 11 is 0. The Labute approximate surface area is 188 Å². The number of aromatic nitrogens is 3. The van der Waals surface area contributed by atoms with Crippen molar-refractivity contribution in [2.24, 2.45) is 18.4 Å². The Morgan fingerprint density at radius 2 is 1.94 bits per heavy atom. The molecule has 0 spiro atoms. The van der Waals surface area contributed by atoms with E-state index in [4.69, 9.17) is 4.98 Å². The highest BCUT2D eigenvalue weighted by Gasteiger charge is 2.34. The first-order valence-electron chi connectivity index (χ1n) is 11.5. The molecule has 0 saturated heterocycles. The lowest BCUT2D eigenvalue weighted by molar-refractivity contribution is 0.0697. The minimum Gasteiger partial charge on any atom is -0.478 e. The summed E-state index contributed by atoms with van der Waals surface area (Å²) in [5, 5.41) is 10.7. The molecule has 1 N–H and O–H groups in total. The molecule has 2 aromatic heterocycles. The highest BCUT2D eigenvalue weighted by Crippen LogP contribution is 2.45. The van der Waals surface area contributed by atoms with Gasteiger partial charge in [-0.1, -0.05) is 39.0 Å². The summed E-state index contributed by atoms with van der Waals surface area (Å²) in [5.41, 5.74) is 4.84. The van der Waals surface area contributed by atoms with Crippen molar-refractivity contribution in [3.8, 4) is 0 Å². The Bertz CT molecular complexity index is 1330. The Morgan fingerprint density at radius 1 is 1.16 bits per heavy atom. The second-order valence-corrected chi connectivity index (χ2v) is 10.4. The predicted molar refractivity (Wildman–Crippen MR) is 128 cm³/mol. The summed E-state index contributed by atoms with van der Waals surface area (Å²) < 4.78 is 4.59. The van der Waals surface area contributed by atoms with E-state index in [0.717, 1.165) is 36.1 Å². The Hall–Kier alpha value is -3.08. The van der Waals surface area contributed by atoms with E-state index in [-0.39, 0.29) is 11.0 Å². The molecule has 1 saturated carbocycles. The van der Waals surface area contributed by atoms with Gasteiger partial charge in [0.1, 0.15) is 5.82 Å².